The van der Waals surface area contributed by atoms with Crippen molar-refractivity contribution in [2.75, 3.05) is 6.54 Å². The van der Waals surface area contributed by atoms with Gasteiger partial charge in [0, 0.05) is 16.6 Å². The molecule has 1 aromatic carbocycles. The van der Waals surface area contributed by atoms with E-state index in [2.05, 4.69) is 10.3 Å². The van der Waals surface area contributed by atoms with Gasteiger partial charge in [-0.2, -0.15) is 0 Å². The molecule has 126 valence electrons. The number of hydrogen-bond acceptors (Lipinski definition) is 2. The van der Waals surface area contributed by atoms with Crippen molar-refractivity contribution in [3.05, 3.63) is 33.8 Å². The van der Waals surface area contributed by atoms with E-state index in [0.29, 0.717) is 34.1 Å². The van der Waals surface area contributed by atoms with E-state index in [0.717, 1.165) is 18.5 Å². The summed E-state index contributed by atoms with van der Waals surface area (Å²) in [6.07, 6.45) is 5.61. The van der Waals surface area contributed by atoms with E-state index in [1.54, 1.807) is 6.07 Å². The Morgan fingerprint density at radius 1 is 1.43 bits per heavy atom. The third kappa shape index (κ3) is 4.11. The number of halogens is 2. The van der Waals surface area contributed by atoms with Crippen LogP contribution in [-0.2, 0) is 4.74 Å². The molecule has 2 aliphatic heterocycles. The van der Waals surface area contributed by atoms with Crippen LogP contribution in [0.25, 0.3) is 0 Å². The lowest BCUT2D eigenvalue weighted by Crippen LogP contribution is -2.34. The van der Waals surface area contributed by atoms with E-state index < -0.39 is 0 Å². The van der Waals surface area contributed by atoms with Crippen molar-refractivity contribution in [2.24, 2.45) is 16.6 Å². The summed E-state index contributed by atoms with van der Waals surface area (Å²) in [5.41, 5.74) is 6.95. The molecule has 6 heteroatoms. The zero-order chi connectivity index (χ0) is 16.4. The summed E-state index contributed by atoms with van der Waals surface area (Å²) in [7, 11) is 0. The topological polar surface area (TPSA) is 59.6 Å². The second-order valence-electron chi connectivity index (χ2n) is 6.46. The highest BCUT2D eigenvalue weighted by molar-refractivity contribution is 6.35. The average molecular weight is 356 g/mol. The molecule has 4 nitrogen and oxygen atoms in total. The number of aliphatic imine (C=N–C) groups is 1. The number of nitrogens with one attached hydrogen (secondary N) is 1. The number of nitrogens with zero attached hydrogens (tertiary/aromatic N) is 1. The smallest absolute Gasteiger partial charge is 0.189 e. The molecule has 2 aliphatic rings. The lowest BCUT2D eigenvalue weighted by Gasteiger charge is -2.18. The molecule has 0 aromatic heterocycles. The predicted octanol–water partition coefficient (Wildman–Crippen LogP) is 3.92. The molecule has 2 bridgehead atoms. The van der Waals surface area contributed by atoms with Gasteiger partial charge in [-0.25, -0.2) is 0 Å². The molecule has 1 aromatic rings. The Kier molecular flexibility index (Phi) is 5.34. The number of rotatable bonds is 5. The number of guanidine groups is 1. The minimum Gasteiger partial charge on any atom is -0.375 e. The molecule has 3 rings (SSSR count). The third-order valence-corrected chi connectivity index (χ3v) is 5.37. The van der Waals surface area contributed by atoms with Crippen LogP contribution in [0.2, 0.25) is 10.0 Å². The molecule has 0 spiro atoms. The minimum absolute atomic E-state index is 0.0191. The molecule has 0 aliphatic carbocycles. The fourth-order valence-corrected chi connectivity index (χ4v) is 4.17. The average Bonchev–Trinajstić information content (AvgIpc) is 3.09. The first-order chi connectivity index (χ1) is 11.0. The van der Waals surface area contributed by atoms with Crippen molar-refractivity contribution >= 4 is 29.2 Å². The number of benzene rings is 1. The number of ether oxygens (including phenoxy) is 1. The van der Waals surface area contributed by atoms with Crippen LogP contribution in [0.5, 0.6) is 0 Å². The van der Waals surface area contributed by atoms with Gasteiger partial charge in [-0.1, -0.05) is 29.3 Å². The number of nitrogens with two attached hydrogens (primary N) is 1. The van der Waals surface area contributed by atoms with Crippen molar-refractivity contribution < 1.29 is 4.74 Å². The van der Waals surface area contributed by atoms with Gasteiger partial charge in [0.2, 0.25) is 0 Å². The molecule has 2 fully saturated rings. The van der Waals surface area contributed by atoms with E-state index in [1.165, 1.54) is 19.3 Å². The van der Waals surface area contributed by atoms with Gasteiger partial charge in [0.1, 0.15) is 0 Å². The van der Waals surface area contributed by atoms with Crippen molar-refractivity contribution in [3.63, 3.8) is 0 Å². The first kappa shape index (κ1) is 16.9. The first-order valence-electron chi connectivity index (χ1n) is 8.20. The minimum atomic E-state index is -0.0191. The molecular formula is C17H23Cl2N3O. The molecule has 2 heterocycles. The summed E-state index contributed by atoms with van der Waals surface area (Å²) in [5.74, 6) is 1.10. The van der Waals surface area contributed by atoms with Gasteiger partial charge in [-0.15, -0.1) is 0 Å². The zero-order valence-electron chi connectivity index (χ0n) is 13.3. The molecule has 4 unspecified atom stereocenters. The zero-order valence-corrected chi connectivity index (χ0v) is 14.8. The second-order valence-corrected chi connectivity index (χ2v) is 7.30. The fraction of sp³-hybridized carbons (Fsp3) is 0.588. The molecule has 23 heavy (non-hydrogen) atoms. The monoisotopic (exact) mass is 355 g/mol. The Labute approximate surface area is 147 Å². The fourth-order valence-electron chi connectivity index (χ4n) is 3.60. The highest BCUT2D eigenvalue weighted by Gasteiger charge is 2.40. The van der Waals surface area contributed by atoms with E-state index in [4.69, 9.17) is 33.7 Å². The van der Waals surface area contributed by atoms with Crippen LogP contribution in [0.3, 0.4) is 0 Å². The Bertz CT molecular complexity index is 593. The quantitative estimate of drug-likeness (QED) is 0.621. The normalized spacial score (nSPS) is 28.1. The highest BCUT2D eigenvalue weighted by atomic mass is 35.5. The lowest BCUT2D eigenvalue weighted by atomic mass is 9.87. The van der Waals surface area contributed by atoms with Crippen molar-refractivity contribution in [1.82, 2.24) is 5.32 Å². The van der Waals surface area contributed by atoms with E-state index >= 15 is 0 Å². The summed E-state index contributed by atoms with van der Waals surface area (Å²) < 4.78 is 5.87. The summed E-state index contributed by atoms with van der Waals surface area (Å²) in [5, 5.41) is 4.44. The van der Waals surface area contributed by atoms with Gasteiger partial charge in [0.15, 0.2) is 5.96 Å². The molecule has 2 saturated heterocycles. The first-order valence-corrected chi connectivity index (χ1v) is 8.95. The van der Waals surface area contributed by atoms with Crippen LogP contribution in [-0.4, -0.2) is 24.7 Å². The molecular weight excluding hydrogens is 333 g/mol. The van der Waals surface area contributed by atoms with E-state index in [1.807, 2.05) is 19.1 Å². The van der Waals surface area contributed by atoms with Crippen LogP contribution in [0.15, 0.2) is 23.2 Å². The SMILES string of the molecule is CC(NC(N)=NCCC1CC2CCC1O2)c1ccc(Cl)cc1Cl. The molecule has 0 saturated carbocycles. The molecule has 0 amide bonds. The maximum Gasteiger partial charge on any atom is 0.189 e. The largest absolute Gasteiger partial charge is 0.375 e. The highest BCUT2D eigenvalue weighted by Crippen LogP contribution is 2.40. The standard InChI is InChI=1S/C17H23Cl2N3O/c1-10(14-4-2-12(18)9-15(14)19)22-17(20)21-7-6-11-8-13-3-5-16(11)23-13/h2,4,9-11,13,16H,3,5-8H2,1H3,(H3,20,21,22). The third-order valence-electron chi connectivity index (χ3n) is 4.81. The van der Waals surface area contributed by atoms with Crippen LogP contribution in [0.4, 0.5) is 0 Å². The van der Waals surface area contributed by atoms with Gasteiger partial charge in [0.05, 0.1) is 18.2 Å². The molecule has 0 radical (unpaired) electrons. The van der Waals surface area contributed by atoms with Gasteiger partial charge in [-0.05, 0) is 56.2 Å². The Morgan fingerprint density at radius 3 is 2.91 bits per heavy atom. The summed E-state index contributed by atoms with van der Waals surface area (Å²) in [4.78, 5) is 4.44. The Morgan fingerprint density at radius 2 is 2.26 bits per heavy atom. The predicted molar refractivity (Wildman–Crippen MR) is 95.1 cm³/mol. The number of hydrogen-bond donors (Lipinski definition) is 2. The van der Waals surface area contributed by atoms with Crippen LogP contribution < -0.4 is 11.1 Å². The number of fused-ring (bicyclic) bond motifs is 2. The van der Waals surface area contributed by atoms with Crippen LogP contribution >= 0.6 is 23.2 Å². The summed E-state index contributed by atoms with van der Waals surface area (Å²) >= 11 is 12.1. The van der Waals surface area contributed by atoms with Gasteiger partial charge in [-0.3, -0.25) is 4.99 Å². The van der Waals surface area contributed by atoms with Crippen molar-refractivity contribution in [2.45, 2.75) is 50.9 Å². The lowest BCUT2D eigenvalue weighted by molar-refractivity contribution is 0.0916. The van der Waals surface area contributed by atoms with E-state index in [-0.39, 0.29) is 6.04 Å². The Hall–Kier alpha value is -0.970. The van der Waals surface area contributed by atoms with Crippen molar-refractivity contribution in [1.29, 1.82) is 0 Å². The van der Waals surface area contributed by atoms with Gasteiger partial charge >= 0.3 is 0 Å². The molecule has 4 atom stereocenters. The molecule has 3 N–H and O–H groups in total. The van der Waals surface area contributed by atoms with Gasteiger partial charge in [0.25, 0.3) is 0 Å². The van der Waals surface area contributed by atoms with Crippen LogP contribution in [0.1, 0.15) is 44.2 Å². The van der Waals surface area contributed by atoms with E-state index in [9.17, 15) is 0 Å². The van der Waals surface area contributed by atoms with Crippen LogP contribution in [0, 0.1) is 5.92 Å². The maximum atomic E-state index is 6.22. The van der Waals surface area contributed by atoms with Gasteiger partial charge < -0.3 is 15.8 Å². The Balaban J connectivity index is 1.48. The second kappa shape index (κ2) is 7.29. The van der Waals surface area contributed by atoms with Crippen molar-refractivity contribution in [3.8, 4) is 0 Å². The summed E-state index contributed by atoms with van der Waals surface area (Å²) in [6, 6.07) is 5.44. The summed E-state index contributed by atoms with van der Waals surface area (Å²) in [6.45, 7) is 2.73. The maximum absolute atomic E-state index is 6.22.